The number of likely N-dealkylation sites (N-methyl/N-ethyl adjacent to an activating group) is 1. The van der Waals surface area contributed by atoms with Gasteiger partial charge in [0.25, 0.3) is 5.60 Å². The van der Waals surface area contributed by atoms with E-state index in [1.807, 2.05) is 13.1 Å². The highest BCUT2D eigenvalue weighted by Gasteiger charge is 2.87. The summed E-state index contributed by atoms with van der Waals surface area (Å²) in [6, 6.07) is 0.0710. The van der Waals surface area contributed by atoms with Crippen LogP contribution in [0.1, 0.15) is 105 Å². The molecule has 2 saturated carbocycles. The van der Waals surface area contributed by atoms with Gasteiger partial charge in [-0.2, -0.15) is 0 Å². The van der Waals surface area contributed by atoms with Gasteiger partial charge in [0.1, 0.15) is 0 Å². The number of nitrogens with zero attached hydrogens (tertiary/aromatic N) is 1. The molecule has 0 amide bonds. The molecular formula is C45H71N7O5. The van der Waals surface area contributed by atoms with Crippen molar-refractivity contribution in [3.8, 4) is 0 Å². The lowest BCUT2D eigenvalue weighted by Crippen LogP contribution is -2.65. The number of aliphatic imine (C=N–C) groups is 1. The molecule has 0 bridgehead atoms. The normalized spacial score (nSPS) is 39.7. The lowest BCUT2D eigenvalue weighted by molar-refractivity contribution is -0.161. The number of hydrogen-bond acceptors (Lipinski definition) is 10. The monoisotopic (exact) mass is 790 g/mol. The molecule has 316 valence electrons. The number of hydrogen-bond donors (Lipinski definition) is 6. The molecule has 0 radical (unpaired) electrons. The number of carbonyl (C=O) groups is 3. The molecule has 5 fully saturated rings. The van der Waals surface area contributed by atoms with E-state index in [9.17, 15) is 14.4 Å². The van der Waals surface area contributed by atoms with E-state index in [2.05, 4.69) is 77.5 Å². The number of Topliss-reactive ketones (excluding diaryl/α,β-unsaturated/α-hetero) is 2. The van der Waals surface area contributed by atoms with E-state index in [1.165, 1.54) is 5.57 Å². The van der Waals surface area contributed by atoms with Crippen LogP contribution in [-0.4, -0.2) is 92.9 Å². The van der Waals surface area contributed by atoms with Gasteiger partial charge in [0.2, 0.25) is 0 Å². The number of piperidine rings is 2. The van der Waals surface area contributed by atoms with Gasteiger partial charge in [0.05, 0.1) is 18.9 Å². The summed E-state index contributed by atoms with van der Waals surface area (Å²) < 4.78 is 12.7. The summed E-state index contributed by atoms with van der Waals surface area (Å²) in [5.41, 5.74) is 5.30. The fourth-order valence-electron chi connectivity index (χ4n) is 12.0. The minimum Gasteiger partial charge on any atom is -0.463 e. The summed E-state index contributed by atoms with van der Waals surface area (Å²) in [6.07, 6.45) is 19.6. The number of esters is 1. The van der Waals surface area contributed by atoms with Gasteiger partial charge in [-0.05, 0) is 126 Å². The zero-order valence-corrected chi connectivity index (χ0v) is 35.4. The van der Waals surface area contributed by atoms with Gasteiger partial charge < -0.3 is 36.5 Å². The van der Waals surface area contributed by atoms with Crippen molar-refractivity contribution in [2.75, 3.05) is 33.8 Å². The molecule has 7 aliphatic rings. The van der Waals surface area contributed by atoms with Crippen molar-refractivity contribution in [3.63, 3.8) is 0 Å². The summed E-state index contributed by atoms with van der Waals surface area (Å²) in [4.78, 5) is 48.8. The molecule has 3 aliphatic heterocycles. The Morgan fingerprint density at radius 3 is 2.72 bits per heavy atom. The molecule has 57 heavy (non-hydrogen) atoms. The molecular weight excluding hydrogens is 719 g/mol. The lowest BCUT2D eigenvalue weighted by atomic mass is 9.57. The van der Waals surface area contributed by atoms with Gasteiger partial charge in [0.15, 0.2) is 23.1 Å². The van der Waals surface area contributed by atoms with Crippen molar-refractivity contribution in [1.82, 2.24) is 26.6 Å². The number of nitrogens with one attached hydrogen (secondary N) is 5. The first-order valence-corrected chi connectivity index (χ1v) is 22.3. The van der Waals surface area contributed by atoms with Crippen LogP contribution in [0.15, 0.2) is 40.4 Å². The number of allylic oxidation sites excluding steroid dienone is 3. The van der Waals surface area contributed by atoms with Crippen LogP contribution in [0.4, 0.5) is 0 Å². The third-order valence-corrected chi connectivity index (χ3v) is 14.8. The van der Waals surface area contributed by atoms with Crippen molar-refractivity contribution < 1.29 is 23.9 Å². The Bertz CT molecular complexity index is 1630. The highest BCUT2D eigenvalue weighted by Crippen LogP contribution is 2.62. The summed E-state index contributed by atoms with van der Waals surface area (Å²) in [7, 11) is 3.69. The second-order valence-corrected chi connectivity index (χ2v) is 18.8. The fourth-order valence-corrected chi connectivity index (χ4v) is 12.0. The number of rotatable bonds is 14. The molecule has 3 saturated heterocycles. The Kier molecular flexibility index (Phi) is 13.2. The highest BCUT2D eigenvalue weighted by molar-refractivity contribution is 6.23. The molecule has 6 unspecified atom stereocenters. The number of ketones is 2. The largest absolute Gasteiger partial charge is 0.463 e. The second-order valence-electron chi connectivity index (χ2n) is 18.8. The Morgan fingerprint density at radius 1 is 1.14 bits per heavy atom. The second kappa shape index (κ2) is 17.8. The summed E-state index contributed by atoms with van der Waals surface area (Å²) >= 11 is 0. The standard InChI is InChI=1S/C45H71N7O5/c1-7-49-35-24-29-12-9-8-11-28(29)23-31(35)25-56-42(55)45-40(54)38-30(21-26(2)3)13-10-14-34(38)39(53)44(45,57-45)19-17-27(4)22-36(51-43(46)48-6)32-18-20-50-41-33(32)15-16-37(47-5)52-41/h9,12,17,24,26,28,30-38,41,47,49-50,52H,7-8,10-11,13-16,18-23,25H2,1-6H3,(H3,46,48,51)/t28-,30?,31-,32?,33?,34?,35-,36+,37+,38?,41?,44-,45-/m0/s1. The van der Waals surface area contributed by atoms with Gasteiger partial charge in [0, 0.05) is 43.3 Å². The van der Waals surface area contributed by atoms with E-state index in [1.54, 1.807) is 7.05 Å². The molecule has 0 aromatic carbocycles. The Labute approximate surface area is 340 Å². The molecule has 7 N–H and O–H groups in total. The average molecular weight is 790 g/mol. The zero-order chi connectivity index (χ0) is 40.5. The topological polar surface area (TPSA) is 171 Å². The number of nitrogens with two attached hydrogens (primary N) is 1. The average Bonchev–Trinajstić information content (AvgIpc) is 3.92. The maximum absolute atomic E-state index is 15.0. The first-order valence-electron chi connectivity index (χ1n) is 22.3. The van der Waals surface area contributed by atoms with Gasteiger partial charge in [-0.3, -0.25) is 19.9 Å². The summed E-state index contributed by atoms with van der Waals surface area (Å²) in [5, 5.41) is 17.9. The van der Waals surface area contributed by atoms with Crippen LogP contribution in [0, 0.1) is 47.3 Å². The van der Waals surface area contributed by atoms with Crippen LogP contribution in [0.3, 0.4) is 0 Å². The molecule has 3 heterocycles. The highest BCUT2D eigenvalue weighted by atomic mass is 16.7. The zero-order valence-electron chi connectivity index (χ0n) is 35.4. The molecule has 0 aromatic heterocycles. The molecule has 12 heteroatoms. The van der Waals surface area contributed by atoms with Crippen LogP contribution in [0.5, 0.6) is 0 Å². The van der Waals surface area contributed by atoms with Crippen molar-refractivity contribution >= 4 is 23.5 Å². The smallest absolute Gasteiger partial charge is 0.350 e. The maximum atomic E-state index is 15.0. The molecule has 13 atom stereocenters. The Morgan fingerprint density at radius 2 is 1.96 bits per heavy atom. The predicted molar refractivity (Wildman–Crippen MR) is 223 cm³/mol. The van der Waals surface area contributed by atoms with Crippen LogP contribution in [0.25, 0.3) is 0 Å². The first kappa shape index (κ1) is 42.2. The van der Waals surface area contributed by atoms with E-state index in [0.29, 0.717) is 42.5 Å². The number of ether oxygens (including phenoxy) is 2. The van der Waals surface area contributed by atoms with Crippen LogP contribution in [0.2, 0.25) is 0 Å². The van der Waals surface area contributed by atoms with E-state index < -0.39 is 29.0 Å². The predicted octanol–water partition coefficient (Wildman–Crippen LogP) is 4.27. The maximum Gasteiger partial charge on any atom is 0.350 e. The van der Waals surface area contributed by atoms with E-state index in [-0.39, 0.29) is 60.8 Å². The van der Waals surface area contributed by atoms with Gasteiger partial charge in [-0.1, -0.05) is 57.1 Å². The van der Waals surface area contributed by atoms with Crippen molar-refractivity contribution in [2.45, 2.75) is 140 Å². The number of carbonyl (C=O) groups excluding carboxylic acids is 3. The first-order chi connectivity index (χ1) is 27.5. The van der Waals surface area contributed by atoms with Crippen LogP contribution in [-0.2, 0) is 23.9 Å². The van der Waals surface area contributed by atoms with Gasteiger partial charge in [-0.25, -0.2) is 4.79 Å². The number of guanidine groups is 1. The number of epoxide rings is 1. The van der Waals surface area contributed by atoms with Crippen molar-refractivity contribution in [3.05, 3.63) is 35.5 Å². The van der Waals surface area contributed by atoms with Gasteiger partial charge >= 0.3 is 5.97 Å². The van der Waals surface area contributed by atoms with E-state index >= 15 is 0 Å². The van der Waals surface area contributed by atoms with E-state index in [0.717, 1.165) is 76.5 Å². The Hall–Kier alpha value is -2.90. The molecule has 7 rings (SSSR count). The Balaban J connectivity index is 1.14. The third-order valence-electron chi connectivity index (χ3n) is 14.8. The summed E-state index contributed by atoms with van der Waals surface area (Å²) in [6.45, 7) is 10.4. The SMILES string of the molecule is CCN[C@H]1C=C2C=CCC[C@H]2C[C@H]1COC(=O)[C@]12O[C@@]1(CC=C(C)C[C@@H](NC(N)=NC)C1CCNC3N[C@@H](NC)CCC31)C(=O)C1CCCC(CC(C)C)C1C2=O. The minimum absolute atomic E-state index is 0.0115. The molecule has 0 spiro atoms. The minimum atomic E-state index is -1.90. The quantitative estimate of drug-likeness (QED) is 0.0371. The molecule has 4 aliphatic carbocycles. The van der Waals surface area contributed by atoms with Crippen molar-refractivity contribution in [2.24, 2.45) is 58.1 Å². The summed E-state index contributed by atoms with van der Waals surface area (Å²) in [5.74, 6) is 0.105. The van der Waals surface area contributed by atoms with Gasteiger partial charge in [-0.15, -0.1) is 0 Å². The van der Waals surface area contributed by atoms with E-state index in [4.69, 9.17) is 15.2 Å². The molecule has 0 aromatic rings. The molecule has 12 nitrogen and oxygen atoms in total. The lowest BCUT2D eigenvalue weighted by Gasteiger charge is -2.47. The van der Waals surface area contributed by atoms with Crippen LogP contribution < -0.4 is 32.3 Å². The third kappa shape index (κ3) is 8.19. The fraction of sp³-hybridized carbons (Fsp3) is 0.778. The van der Waals surface area contributed by atoms with Crippen molar-refractivity contribution in [1.29, 1.82) is 0 Å². The number of fused-ring (bicyclic) bond motifs is 4. The van der Waals surface area contributed by atoms with Crippen LogP contribution >= 0.6 is 0 Å².